The number of hydrogen-bond acceptors (Lipinski definition) is 1. The van der Waals surface area contributed by atoms with Gasteiger partial charge in [0.1, 0.15) is 7.05 Å². The van der Waals surface area contributed by atoms with Crippen LogP contribution in [0.4, 0.5) is 0 Å². The molecule has 0 bridgehead atoms. The molecular formula is C30H25NOP+. The third kappa shape index (κ3) is 3.95. The lowest BCUT2D eigenvalue weighted by Crippen LogP contribution is -2.37. The Bertz CT molecular complexity index is 1310. The van der Waals surface area contributed by atoms with Gasteiger partial charge in [-0.15, -0.1) is 0 Å². The third-order valence-electron chi connectivity index (χ3n) is 6.03. The van der Waals surface area contributed by atoms with Gasteiger partial charge in [0, 0.05) is 39.2 Å². The summed E-state index contributed by atoms with van der Waals surface area (Å²) in [5.41, 5.74) is 4.23. The van der Waals surface area contributed by atoms with Crippen molar-refractivity contribution in [2.75, 3.05) is 0 Å². The third-order valence-corrected chi connectivity index (χ3v) is 9.07. The summed E-state index contributed by atoms with van der Waals surface area (Å²) >= 11 is 0. The molecule has 0 atom stereocenters. The second-order valence-electron chi connectivity index (χ2n) is 8.06. The molecule has 0 spiro atoms. The molecule has 5 aromatic rings. The summed E-state index contributed by atoms with van der Waals surface area (Å²) in [7, 11) is -1.03. The maximum atomic E-state index is 15.1. The van der Waals surface area contributed by atoms with Crippen molar-refractivity contribution in [1.29, 1.82) is 0 Å². The molecule has 4 aromatic carbocycles. The van der Waals surface area contributed by atoms with E-state index in [1.165, 1.54) is 0 Å². The number of aromatic nitrogens is 1. The molecule has 33 heavy (non-hydrogen) atoms. The van der Waals surface area contributed by atoms with Gasteiger partial charge in [-0.25, -0.2) is 0 Å². The Labute approximate surface area is 195 Å². The van der Waals surface area contributed by atoms with E-state index in [4.69, 9.17) is 0 Å². The number of nitrogens with zero attached hydrogens (tertiary/aromatic N) is 1. The molecule has 0 radical (unpaired) electrons. The van der Waals surface area contributed by atoms with Crippen molar-refractivity contribution in [2.24, 2.45) is 7.05 Å². The molecule has 1 heterocycles. The van der Waals surface area contributed by atoms with E-state index in [2.05, 4.69) is 48.0 Å². The van der Waals surface area contributed by atoms with Gasteiger partial charge in [0.2, 0.25) is 11.4 Å². The van der Waals surface area contributed by atoms with Crippen LogP contribution >= 0.6 is 7.14 Å². The molecule has 0 amide bonds. The van der Waals surface area contributed by atoms with Crippen LogP contribution in [0.15, 0.2) is 133 Å². The molecule has 1 aromatic heterocycles. The SMILES string of the molecule is C[n+]1c(-c2ccccc2)cc(P(=O)(c2ccccc2)c2ccccc2)cc1-c1ccccc1. The average molecular weight is 447 g/mol. The van der Waals surface area contributed by atoms with E-state index in [1.807, 2.05) is 97.1 Å². The minimum Gasteiger partial charge on any atom is -0.309 e. The second-order valence-corrected chi connectivity index (χ2v) is 10.8. The van der Waals surface area contributed by atoms with Crippen molar-refractivity contribution < 1.29 is 9.13 Å². The lowest BCUT2D eigenvalue weighted by Gasteiger charge is -2.21. The first kappa shape index (κ1) is 21.1. The Morgan fingerprint density at radius 1 is 0.485 bits per heavy atom. The van der Waals surface area contributed by atoms with Gasteiger partial charge in [-0.05, 0) is 24.3 Å². The van der Waals surface area contributed by atoms with Gasteiger partial charge in [-0.3, -0.25) is 0 Å². The molecule has 0 N–H and O–H groups in total. The van der Waals surface area contributed by atoms with Gasteiger partial charge < -0.3 is 4.57 Å². The zero-order chi connectivity index (χ0) is 22.7. The summed E-state index contributed by atoms with van der Waals surface area (Å²) in [5, 5.41) is 2.50. The summed E-state index contributed by atoms with van der Waals surface area (Å²) in [6.07, 6.45) is 0. The Balaban J connectivity index is 1.85. The highest BCUT2D eigenvalue weighted by molar-refractivity contribution is 7.85. The number of pyridine rings is 1. The van der Waals surface area contributed by atoms with Crippen molar-refractivity contribution in [3.63, 3.8) is 0 Å². The maximum absolute atomic E-state index is 15.1. The molecule has 0 saturated carbocycles. The highest BCUT2D eigenvalue weighted by Crippen LogP contribution is 2.43. The number of benzene rings is 4. The highest BCUT2D eigenvalue weighted by atomic mass is 31.2. The summed E-state index contributed by atoms with van der Waals surface area (Å²) in [6, 6.07) is 44.5. The molecular weight excluding hydrogens is 421 g/mol. The minimum atomic E-state index is -3.10. The Morgan fingerprint density at radius 3 is 1.18 bits per heavy atom. The van der Waals surface area contributed by atoms with Gasteiger partial charge in [0.25, 0.3) is 0 Å². The summed E-state index contributed by atoms with van der Waals surface area (Å²) in [5.74, 6) is 0. The van der Waals surface area contributed by atoms with E-state index >= 15 is 4.57 Å². The first-order valence-corrected chi connectivity index (χ1v) is 12.8. The molecule has 0 aliphatic carbocycles. The van der Waals surface area contributed by atoms with Gasteiger partial charge in [-0.2, -0.15) is 4.57 Å². The second kappa shape index (κ2) is 9.02. The topological polar surface area (TPSA) is 20.9 Å². The monoisotopic (exact) mass is 446 g/mol. The van der Waals surface area contributed by atoms with E-state index in [-0.39, 0.29) is 0 Å². The molecule has 0 aliphatic heterocycles. The first-order chi connectivity index (χ1) is 16.2. The normalized spacial score (nSPS) is 11.3. The smallest absolute Gasteiger partial charge is 0.213 e. The number of rotatable bonds is 5. The van der Waals surface area contributed by atoms with Crippen LogP contribution in [0.1, 0.15) is 0 Å². The molecule has 0 fully saturated rings. The zero-order valence-corrected chi connectivity index (χ0v) is 19.4. The van der Waals surface area contributed by atoms with Crippen LogP contribution in [-0.2, 0) is 11.6 Å². The summed E-state index contributed by atoms with van der Waals surface area (Å²) < 4.78 is 17.3. The van der Waals surface area contributed by atoms with Crippen LogP contribution in [0.25, 0.3) is 22.5 Å². The fourth-order valence-corrected chi connectivity index (χ4v) is 7.01. The highest BCUT2D eigenvalue weighted by Gasteiger charge is 2.33. The number of hydrogen-bond donors (Lipinski definition) is 0. The minimum absolute atomic E-state index is 0.829. The zero-order valence-electron chi connectivity index (χ0n) is 18.5. The predicted octanol–water partition coefficient (Wildman–Crippen LogP) is 5.48. The molecule has 0 aliphatic rings. The molecule has 0 saturated heterocycles. The maximum Gasteiger partial charge on any atom is 0.213 e. The van der Waals surface area contributed by atoms with E-state index in [0.29, 0.717) is 0 Å². The van der Waals surface area contributed by atoms with E-state index in [9.17, 15) is 0 Å². The fourth-order valence-electron chi connectivity index (χ4n) is 4.32. The van der Waals surface area contributed by atoms with Crippen molar-refractivity contribution in [1.82, 2.24) is 0 Å². The quantitative estimate of drug-likeness (QED) is 0.259. The summed E-state index contributed by atoms with van der Waals surface area (Å²) in [6.45, 7) is 0. The standard InChI is InChI=1S/C30H25NOP/c1-31-29(24-14-6-2-7-15-24)22-28(23-30(31)25-16-8-3-9-17-25)33(32,26-18-10-4-11-19-26)27-20-12-5-13-21-27/h2-23H,1H3/q+1. The van der Waals surface area contributed by atoms with Gasteiger partial charge in [0.15, 0.2) is 7.14 Å². The average Bonchev–Trinajstić information content (AvgIpc) is 2.90. The predicted molar refractivity (Wildman–Crippen MR) is 138 cm³/mol. The fraction of sp³-hybridized carbons (Fsp3) is 0.0333. The Morgan fingerprint density at radius 2 is 0.818 bits per heavy atom. The molecule has 0 unspecified atom stereocenters. The van der Waals surface area contributed by atoms with Gasteiger partial charge >= 0.3 is 0 Å². The van der Waals surface area contributed by atoms with Crippen LogP contribution in [0, 0.1) is 0 Å². The van der Waals surface area contributed by atoms with E-state index in [1.54, 1.807) is 0 Å². The van der Waals surface area contributed by atoms with Crippen LogP contribution < -0.4 is 20.5 Å². The Hall–Kier alpha value is -3.74. The van der Waals surface area contributed by atoms with Gasteiger partial charge in [0.05, 0.1) is 0 Å². The van der Waals surface area contributed by atoms with Crippen LogP contribution in [0.3, 0.4) is 0 Å². The van der Waals surface area contributed by atoms with Crippen molar-refractivity contribution in [3.05, 3.63) is 133 Å². The Kier molecular flexibility index (Phi) is 5.77. The first-order valence-electron chi connectivity index (χ1n) is 11.0. The molecule has 3 heteroatoms. The van der Waals surface area contributed by atoms with Gasteiger partial charge in [-0.1, -0.05) is 97.1 Å². The van der Waals surface area contributed by atoms with Crippen LogP contribution in [0.2, 0.25) is 0 Å². The molecule has 2 nitrogen and oxygen atoms in total. The lowest BCUT2D eigenvalue weighted by atomic mass is 10.1. The largest absolute Gasteiger partial charge is 0.309 e. The molecule has 160 valence electrons. The van der Waals surface area contributed by atoms with Crippen molar-refractivity contribution in [2.45, 2.75) is 0 Å². The lowest BCUT2D eigenvalue weighted by molar-refractivity contribution is -0.649. The van der Waals surface area contributed by atoms with E-state index < -0.39 is 7.14 Å². The van der Waals surface area contributed by atoms with Crippen molar-refractivity contribution in [3.8, 4) is 22.5 Å². The van der Waals surface area contributed by atoms with Crippen molar-refractivity contribution >= 4 is 23.1 Å². The molecule has 5 rings (SSSR count). The van der Waals surface area contributed by atoms with Crippen LogP contribution in [0.5, 0.6) is 0 Å². The van der Waals surface area contributed by atoms with Crippen LogP contribution in [-0.4, -0.2) is 0 Å². The summed E-state index contributed by atoms with van der Waals surface area (Å²) in [4.78, 5) is 0. The van der Waals surface area contributed by atoms with E-state index in [0.717, 1.165) is 38.4 Å².